The fourth-order valence-electron chi connectivity index (χ4n) is 6.41. The van der Waals surface area contributed by atoms with Gasteiger partial charge < -0.3 is 15.0 Å². The van der Waals surface area contributed by atoms with Gasteiger partial charge in [0.05, 0.1) is 50.1 Å². The maximum absolute atomic E-state index is 13.1. The molecule has 17 heteroatoms. The van der Waals surface area contributed by atoms with Crippen molar-refractivity contribution >= 4 is 74.7 Å². The van der Waals surface area contributed by atoms with E-state index in [1.807, 2.05) is 18.2 Å². The number of nitrogens with zero attached hydrogens (tertiary/aromatic N) is 5. The van der Waals surface area contributed by atoms with Gasteiger partial charge in [0.25, 0.3) is 11.6 Å². The number of imide groups is 1. The second-order valence-electron chi connectivity index (χ2n) is 12.5. The first-order chi connectivity index (χ1) is 25.7. The molecule has 5 aromatic rings. The molecule has 1 saturated heterocycles. The molecule has 270 valence electrons. The summed E-state index contributed by atoms with van der Waals surface area (Å²) in [5.41, 5.74) is 5.05. The number of carbonyl (C=O) groups excluding carboxylic acids is 4. The van der Waals surface area contributed by atoms with Gasteiger partial charge in [-0.2, -0.15) is 5.10 Å². The standard InChI is InChI=1S/C36H32N8O7S2/c45-32(28(15-23-18-37-20-38-23)40-35(48)51-19-21-6-2-1-3-7-21)42-39-17-22-10-13-30(29(14-22)44(49)50)52-36-41-27-12-11-24(16-31(27)53-36)43-33(46)25-8-4-5-9-26(25)34(43)47/h1-3,6-7,10-14,16-18,20,25-26,28H,4-5,8-9,15,19H2,(H,37,38)(H,40,48)(H,42,45)/b39-17-/t25-,26-,28-/m0/s1. The first kappa shape index (κ1) is 35.5. The molecule has 1 saturated carbocycles. The molecule has 2 fully saturated rings. The smallest absolute Gasteiger partial charge is 0.408 e. The highest BCUT2D eigenvalue weighted by molar-refractivity contribution is 8.01. The van der Waals surface area contributed by atoms with Gasteiger partial charge in [0, 0.05) is 29.9 Å². The number of thiazole rings is 1. The van der Waals surface area contributed by atoms with E-state index in [1.54, 1.807) is 42.5 Å². The Morgan fingerprint density at radius 1 is 1.09 bits per heavy atom. The normalized spacial score (nSPS) is 17.5. The summed E-state index contributed by atoms with van der Waals surface area (Å²) in [5.74, 6) is -1.47. The number of carbonyl (C=O) groups is 4. The molecule has 1 aliphatic carbocycles. The summed E-state index contributed by atoms with van der Waals surface area (Å²) >= 11 is 2.42. The Hall–Kier alpha value is -5.94. The number of aromatic nitrogens is 3. The molecule has 1 aliphatic heterocycles. The Kier molecular flexibility index (Phi) is 10.5. The van der Waals surface area contributed by atoms with Crippen molar-refractivity contribution in [3.63, 3.8) is 0 Å². The molecular formula is C36H32N8O7S2. The molecule has 0 unspecified atom stereocenters. The van der Waals surface area contributed by atoms with E-state index in [0.717, 1.165) is 47.7 Å². The van der Waals surface area contributed by atoms with Crippen molar-refractivity contribution in [3.8, 4) is 0 Å². The monoisotopic (exact) mass is 752 g/mol. The van der Waals surface area contributed by atoms with E-state index in [0.29, 0.717) is 31.7 Å². The second kappa shape index (κ2) is 15.7. The average Bonchev–Trinajstić information content (AvgIpc) is 3.89. The van der Waals surface area contributed by atoms with Crippen molar-refractivity contribution in [2.75, 3.05) is 4.90 Å². The van der Waals surface area contributed by atoms with E-state index in [9.17, 15) is 29.3 Å². The van der Waals surface area contributed by atoms with Crippen LogP contribution in [-0.2, 0) is 32.1 Å². The summed E-state index contributed by atoms with van der Waals surface area (Å²) in [5, 5.41) is 18.6. The fraction of sp³-hybridized carbons (Fsp3) is 0.250. The maximum atomic E-state index is 13.1. The average molecular weight is 753 g/mol. The molecule has 3 atom stereocenters. The molecule has 0 spiro atoms. The highest BCUT2D eigenvalue weighted by Crippen LogP contribution is 2.43. The van der Waals surface area contributed by atoms with E-state index in [4.69, 9.17) is 4.74 Å². The van der Waals surface area contributed by atoms with Gasteiger partial charge in [-0.15, -0.1) is 11.3 Å². The number of benzene rings is 3. The Labute approximate surface area is 310 Å². The van der Waals surface area contributed by atoms with Crippen LogP contribution in [0.25, 0.3) is 10.2 Å². The highest BCUT2D eigenvalue weighted by Gasteiger charge is 2.48. The third-order valence-electron chi connectivity index (χ3n) is 9.02. The largest absolute Gasteiger partial charge is 0.445 e. The molecular weight excluding hydrogens is 721 g/mol. The highest BCUT2D eigenvalue weighted by atomic mass is 32.2. The molecule has 2 aromatic heterocycles. The quantitative estimate of drug-likeness (QED) is 0.0610. The SMILES string of the molecule is O=C(N[C@@H](Cc1cnc[nH]1)C(=O)N/N=C\c1ccc(Sc2nc3ccc(N4C(=O)[C@H]5CCCC[C@@H]5C4=O)cc3s2)c([N+](=O)[O-])c1)OCc1ccccc1. The molecule has 53 heavy (non-hydrogen) atoms. The van der Waals surface area contributed by atoms with E-state index in [1.165, 1.54) is 41.0 Å². The summed E-state index contributed by atoms with van der Waals surface area (Å²) in [7, 11) is 0. The Bertz CT molecular complexity index is 2190. The van der Waals surface area contributed by atoms with E-state index in [2.05, 4.69) is 30.8 Å². The van der Waals surface area contributed by atoms with E-state index < -0.39 is 23.0 Å². The number of amides is 4. The second-order valence-corrected chi connectivity index (χ2v) is 14.8. The van der Waals surface area contributed by atoms with Crippen LogP contribution in [0.3, 0.4) is 0 Å². The number of hydrogen-bond donors (Lipinski definition) is 3. The van der Waals surface area contributed by atoms with Crippen molar-refractivity contribution in [1.29, 1.82) is 0 Å². The van der Waals surface area contributed by atoms with Gasteiger partial charge in [-0.25, -0.2) is 20.2 Å². The molecule has 3 aromatic carbocycles. The number of nitro groups is 1. The van der Waals surface area contributed by atoms with Gasteiger partial charge in [0.2, 0.25) is 11.8 Å². The van der Waals surface area contributed by atoms with Gasteiger partial charge in [0.15, 0.2) is 4.34 Å². The summed E-state index contributed by atoms with van der Waals surface area (Å²) in [6, 6.07) is 17.8. The number of rotatable bonds is 12. The van der Waals surface area contributed by atoms with Crippen LogP contribution >= 0.6 is 23.1 Å². The number of nitrogens with one attached hydrogen (secondary N) is 3. The van der Waals surface area contributed by atoms with Crippen molar-refractivity contribution < 1.29 is 28.8 Å². The van der Waals surface area contributed by atoms with Gasteiger partial charge in [-0.1, -0.05) is 61.0 Å². The van der Waals surface area contributed by atoms with Gasteiger partial charge in [0.1, 0.15) is 12.6 Å². The number of anilines is 1. The summed E-state index contributed by atoms with van der Waals surface area (Å²) in [4.78, 5) is 76.5. The lowest BCUT2D eigenvalue weighted by Crippen LogP contribution is -2.47. The fourth-order valence-corrected chi connectivity index (χ4v) is 8.55. The molecule has 4 amide bonds. The van der Waals surface area contributed by atoms with Crippen LogP contribution in [0.5, 0.6) is 0 Å². The van der Waals surface area contributed by atoms with Gasteiger partial charge >= 0.3 is 6.09 Å². The van der Waals surface area contributed by atoms with E-state index >= 15 is 0 Å². The number of hydrogen-bond acceptors (Lipinski definition) is 12. The molecule has 3 heterocycles. The van der Waals surface area contributed by atoms with Crippen molar-refractivity contribution in [2.24, 2.45) is 16.9 Å². The zero-order valence-electron chi connectivity index (χ0n) is 28.0. The predicted octanol–water partition coefficient (Wildman–Crippen LogP) is 5.75. The number of H-pyrrole nitrogens is 1. The molecule has 3 N–H and O–H groups in total. The van der Waals surface area contributed by atoms with Crippen molar-refractivity contribution in [3.05, 3.63) is 106 Å². The van der Waals surface area contributed by atoms with Crippen LogP contribution in [0.1, 0.15) is 42.5 Å². The number of aromatic amines is 1. The van der Waals surface area contributed by atoms with Crippen molar-refractivity contribution in [2.45, 2.75) is 54.0 Å². The third-order valence-corrected chi connectivity index (χ3v) is 11.2. The molecule has 2 aliphatic rings. The zero-order valence-corrected chi connectivity index (χ0v) is 29.6. The van der Waals surface area contributed by atoms with Gasteiger partial charge in [-0.05, 0) is 42.7 Å². The topological polar surface area (TPSA) is 202 Å². The van der Waals surface area contributed by atoms with Crippen LogP contribution in [0.15, 0.2) is 93.6 Å². The number of fused-ring (bicyclic) bond motifs is 2. The molecule has 15 nitrogen and oxygen atoms in total. The lowest BCUT2D eigenvalue weighted by atomic mass is 9.81. The number of nitro benzene ring substituents is 1. The first-order valence-corrected chi connectivity index (χ1v) is 18.4. The molecule has 7 rings (SSSR count). The Morgan fingerprint density at radius 3 is 2.58 bits per heavy atom. The Morgan fingerprint density at radius 2 is 1.87 bits per heavy atom. The van der Waals surface area contributed by atoms with Crippen LogP contribution in [0.4, 0.5) is 16.2 Å². The van der Waals surface area contributed by atoms with Crippen LogP contribution in [-0.4, -0.2) is 55.9 Å². The summed E-state index contributed by atoms with van der Waals surface area (Å²) < 4.78 is 6.55. The lowest BCUT2D eigenvalue weighted by molar-refractivity contribution is -0.387. The minimum Gasteiger partial charge on any atom is -0.445 e. The van der Waals surface area contributed by atoms with Crippen LogP contribution < -0.4 is 15.6 Å². The van der Waals surface area contributed by atoms with Crippen LogP contribution in [0.2, 0.25) is 0 Å². The summed E-state index contributed by atoms with van der Waals surface area (Å²) in [6.45, 7) is 0.0138. The Balaban J connectivity index is 1.01. The van der Waals surface area contributed by atoms with E-state index in [-0.39, 0.29) is 42.4 Å². The number of hydrazone groups is 1. The first-order valence-electron chi connectivity index (χ1n) is 16.8. The third kappa shape index (κ3) is 8.10. The van der Waals surface area contributed by atoms with Crippen LogP contribution in [0, 0.1) is 22.0 Å². The zero-order chi connectivity index (χ0) is 36.9. The maximum Gasteiger partial charge on any atom is 0.408 e. The number of imidazole rings is 1. The van der Waals surface area contributed by atoms with Crippen molar-refractivity contribution in [1.82, 2.24) is 25.7 Å². The summed E-state index contributed by atoms with van der Waals surface area (Å²) in [6.07, 6.45) is 6.85. The lowest BCUT2D eigenvalue weighted by Gasteiger charge is -2.19. The number of alkyl carbamates (subject to hydrolysis) is 1. The molecule has 0 radical (unpaired) electrons. The van der Waals surface area contributed by atoms with Gasteiger partial charge in [-0.3, -0.25) is 29.4 Å². The minimum atomic E-state index is -1.07. The minimum absolute atomic E-state index is 0.0138. The molecule has 0 bridgehead atoms. The predicted molar refractivity (Wildman–Crippen MR) is 196 cm³/mol. The number of ether oxygens (including phenoxy) is 1.